The van der Waals surface area contributed by atoms with Gasteiger partial charge in [-0.15, -0.1) is 0 Å². The molecule has 0 aliphatic carbocycles. The fraction of sp³-hybridized carbons (Fsp3) is 0.529. The van der Waals surface area contributed by atoms with E-state index >= 15 is 0 Å². The van der Waals surface area contributed by atoms with Crippen molar-refractivity contribution in [3.63, 3.8) is 0 Å². The van der Waals surface area contributed by atoms with Gasteiger partial charge in [-0.1, -0.05) is 30.3 Å². The van der Waals surface area contributed by atoms with Crippen molar-refractivity contribution in [2.75, 3.05) is 19.7 Å². The van der Waals surface area contributed by atoms with Crippen molar-refractivity contribution in [2.24, 2.45) is 0 Å². The third kappa shape index (κ3) is 4.53. The van der Waals surface area contributed by atoms with E-state index in [0.29, 0.717) is 13.2 Å². The molecule has 1 saturated heterocycles. The Balaban J connectivity index is 2.02. The number of ether oxygens (including phenoxy) is 1. The average Bonchev–Trinajstić information content (AvgIpc) is 2.52. The first-order chi connectivity index (χ1) is 11.0. The van der Waals surface area contributed by atoms with Crippen LogP contribution in [0.5, 0.6) is 0 Å². The average molecular weight is 319 g/mol. The predicted molar refractivity (Wildman–Crippen MR) is 88.0 cm³/mol. The molecule has 1 aliphatic heterocycles. The standard InChI is InChI=1S/C17H25N3O3/c1-4-18-17(22)19-15(21)10-20-12(2)11-23-16(13(20)3)14-8-6-5-7-9-14/h5-9,12-13,16H,4,10-11H2,1-3H3,(H2,18,19,21,22)/t12-,13-,16+/m1/s1. The van der Waals surface area contributed by atoms with Gasteiger partial charge in [0, 0.05) is 18.6 Å². The van der Waals surface area contributed by atoms with Crippen molar-refractivity contribution in [1.29, 1.82) is 0 Å². The van der Waals surface area contributed by atoms with Crippen LogP contribution < -0.4 is 10.6 Å². The fourth-order valence-electron chi connectivity index (χ4n) is 2.91. The number of benzene rings is 1. The summed E-state index contributed by atoms with van der Waals surface area (Å²) >= 11 is 0. The lowest BCUT2D eigenvalue weighted by Crippen LogP contribution is -2.55. The summed E-state index contributed by atoms with van der Waals surface area (Å²) < 4.78 is 5.97. The number of hydrogen-bond acceptors (Lipinski definition) is 4. The Morgan fingerprint density at radius 1 is 1.26 bits per heavy atom. The summed E-state index contributed by atoms with van der Waals surface area (Å²) in [6.07, 6.45) is -0.0790. The second-order valence-corrected chi connectivity index (χ2v) is 5.83. The molecule has 0 spiro atoms. The molecule has 0 unspecified atom stereocenters. The van der Waals surface area contributed by atoms with E-state index < -0.39 is 6.03 Å². The maximum atomic E-state index is 12.1. The Hall–Kier alpha value is -1.92. The number of hydrogen-bond donors (Lipinski definition) is 2. The number of morpholine rings is 1. The molecule has 1 fully saturated rings. The monoisotopic (exact) mass is 319 g/mol. The predicted octanol–water partition coefficient (Wildman–Crippen LogP) is 1.68. The first-order valence-corrected chi connectivity index (χ1v) is 8.03. The summed E-state index contributed by atoms with van der Waals surface area (Å²) in [5.41, 5.74) is 1.10. The van der Waals surface area contributed by atoms with E-state index in [1.165, 1.54) is 0 Å². The van der Waals surface area contributed by atoms with E-state index in [2.05, 4.69) is 15.5 Å². The molecule has 0 radical (unpaired) electrons. The number of nitrogens with one attached hydrogen (secondary N) is 2. The second kappa shape index (κ2) is 8.08. The Labute approximate surface area is 137 Å². The highest BCUT2D eigenvalue weighted by Crippen LogP contribution is 2.30. The fourth-order valence-corrected chi connectivity index (χ4v) is 2.91. The zero-order chi connectivity index (χ0) is 16.8. The topological polar surface area (TPSA) is 70.7 Å². The summed E-state index contributed by atoms with van der Waals surface area (Å²) in [7, 11) is 0. The normalized spacial score (nSPS) is 24.9. The molecule has 1 aromatic rings. The van der Waals surface area contributed by atoms with Crippen LogP contribution in [0.2, 0.25) is 0 Å². The van der Waals surface area contributed by atoms with E-state index in [9.17, 15) is 9.59 Å². The molecule has 1 heterocycles. The molecule has 0 saturated carbocycles. The van der Waals surface area contributed by atoms with Gasteiger partial charge in [0.05, 0.1) is 19.3 Å². The maximum Gasteiger partial charge on any atom is 0.321 e. The van der Waals surface area contributed by atoms with Crippen LogP contribution in [0.15, 0.2) is 30.3 Å². The van der Waals surface area contributed by atoms with Crippen molar-refractivity contribution in [3.8, 4) is 0 Å². The molecular weight excluding hydrogens is 294 g/mol. The van der Waals surface area contributed by atoms with Gasteiger partial charge in [0.2, 0.25) is 5.91 Å². The first kappa shape index (κ1) is 17.4. The summed E-state index contributed by atoms with van der Waals surface area (Å²) in [6, 6.07) is 9.70. The van der Waals surface area contributed by atoms with E-state index in [0.717, 1.165) is 5.56 Å². The van der Waals surface area contributed by atoms with Gasteiger partial charge in [-0.05, 0) is 26.3 Å². The first-order valence-electron chi connectivity index (χ1n) is 8.03. The van der Waals surface area contributed by atoms with Crippen molar-refractivity contribution >= 4 is 11.9 Å². The minimum absolute atomic E-state index is 0.0427. The smallest absolute Gasteiger partial charge is 0.321 e. The lowest BCUT2D eigenvalue weighted by atomic mass is 9.98. The van der Waals surface area contributed by atoms with E-state index in [1.54, 1.807) is 6.92 Å². The number of amides is 3. The van der Waals surface area contributed by atoms with Gasteiger partial charge in [0.1, 0.15) is 0 Å². The molecule has 126 valence electrons. The van der Waals surface area contributed by atoms with Crippen molar-refractivity contribution in [1.82, 2.24) is 15.5 Å². The van der Waals surface area contributed by atoms with Gasteiger partial charge in [0.25, 0.3) is 0 Å². The highest BCUT2D eigenvalue weighted by atomic mass is 16.5. The van der Waals surface area contributed by atoms with Crippen LogP contribution in [0.3, 0.4) is 0 Å². The molecule has 23 heavy (non-hydrogen) atoms. The highest BCUT2D eigenvalue weighted by molar-refractivity contribution is 5.95. The summed E-state index contributed by atoms with van der Waals surface area (Å²) in [5, 5.41) is 4.91. The second-order valence-electron chi connectivity index (χ2n) is 5.83. The van der Waals surface area contributed by atoms with Gasteiger partial charge >= 0.3 is 6.03 Å². The minimum atomic E-state index is -0.453. The zero-order valence-electron chi connectivity index (χ0n) is 13.9. The van der Waals surface area contributed by atoms with Crippen molar-refractivity contribution in [3.05, 3.63) is 35.9 Å². The molecule has 3 amide bonds. The number of carbonyl (C=O) groups excluding carboxylic acids is 2. The molecule has 6 heteroatoms. The van der Waals surface area contributed by atoms with Crippen molar-refractivity contribution < 1.29 is 14.3 Å². The zero-order valence-corrected chi connectivity index (χ0v) is 13.9. The minimum Gasteiger partial charge on any atom is -0.370 e. The third-order valence-electron chi connectivity index (χ3n) is 4.09. The number of urea groups is 1. The van der Waals surface area contributed by atoms with Gasteiger partial charge in [-0.2, -0.15) is 0 Å². The van der Waals surface area contributed by atoms with Gasteiger partial charge in [-0.25, -0.2) is 4.79 Å². The third-order valence-corrected chi connectivity index (χ3v) is 4.09. The van der Waals surface area contributed by atoms with E-state index in [1.807, 2.05) is 44.2 Å². The lowest BCUT2D eigenvalue weighted by molar-refractivity contribution is -0.130. The number of nitrogens with zero attached hydrogens (tertiary/aromatic N) is 1. The van der Waals surface area contributed by atoms with Crippen molar-refractivity contribution in [2.45, 2.75) is 39.0 Å². The summed E-state index contributed by atoms with van der Waals surface area (Å²) in [4.78, 5) is 25.6. The molecule has 3 atom stereocenters. The molecule has 1 aromatic carbocycles. The Morgan fingerprint density at radius 2 is 1.96 bits per heavy atom. The van der Waals surface area contributed by atoms with Crippen LogP contribution >= 0.6 is 0 Å². The SMILES string of the molecule is CCNC(=O)NC(=O)CN1[C@H](C)CO[C@H](c2ccccc2)[C@H]1C. The molecule has 2 N–H and O–H groups in total. The summed E-state index contributed by atoms with van der Waals surface area (Å²) in [5.74, 6) is -0.302. The van der Waals surface area contributed by atoms with Gasteiger partial charge in [0.15, 0.2) is 0 Å². The van der Waals surface area contributed by atoms with Crippen LogP contribution in [-0.4, -0.2) is 48.6 Å². The Morgan fingerprint density at radius 3 is 2.61 bits per heavy atom. The van der Waals surface area contributed by atoms with Gasteiger partial charge < -0.3 is 10.1 Å². The van der Waals surface area contributed by atoms with Crippen LogP contribution in [0.1, 0.15) is 32.4 Å². The number of carbonyl (C=O) groups is 2. The van der Waals surface area contributed by atoms with Crippen LogP contribution in [0.25, 0.3) is 0 Å². The number of rotatable bonds is 4. The van der Waals surface area contributed by atoms with Crippen LogP contribution in [-0.2, 0) is 9.53 Å². The Kier molecular flexibility index (Phi) is 6.12. The quantitative estimate of drug-likeness (QED) is 0.886. The lowest BCUT2D eigenvalue weighted by Gasteiger charge is -2.43. The molecular formula is C17H25N3O3. The molecule has 2 rings (SSSR count). The Bertz CT molecular complexity index is 535. The van der Waals surface area contributed by atoms with Crippen LogP contribution in [0.4, 0.5) is 4.79 Å². The molecule has 1 aliphatic rings. The maximum absolute atomic E-state index is 12.1. The molecule has 0 bridgehead atoms. The largest absolute Gasteiger partial charge is 0.370 e. The van der Waals surface area contributed by atoms with Gasteiger partial charge in [-0.3, -0.25) is 15.0 Å². The number of imide groups is 1. The highest BCUT2D eigenvalue weighted by Gasteiger charge is 2.35. The van der Waals surface area contributed by atoms with E-state index in [4.69, 9.17) is 4.74 Å². The summed E-state index contributed by atoms with van der Waals surface area (Å²) in [6.45, 7) is 7.09. The molecule has 6 nitrogen and oxygen atoms in total. The van der Waals surface area contributed by atoms with E-state index in [-0.39, 0.29) is 30.6 Å². The van der Waals surface area contributed by atoms with Crippen LogP contribution in [0, 0.1) is 0 Å². The molecule has 0 aromatic heterocycles.